The van der Waals surface area contributed by atoms with Crippen LogP contribution < -0.4 is 10.1 Å². The van der Waals surface area contributed by atoms with Crippen molar-refractivity contribution in [3.63, 3.8) is 0 Å². The van der Waals surface area contributed by atoms with E-state index in [2.05, 4.69) is 20.3 Å². The van der Waals surface area contributed by atoms with E-state index in [9.17, 15) is 0 Å². The van der Waals surface area contributed by atoms with Crippen LogP contribution >= 0.6 is 11.6 Å². The molecule has 0 amide bonds. The Bertz CT molecular complexity index is 807. The highest BCUT2D eigenvalue weighted by Crippen LogP contribution is 2.33. The molecule has 0 aliphatic carbocycles. The summed E-state index contributed by atoms with van der Waals surface area (Å²) in [6.45, 7) is 1.90. The normalized spacial score (nSPS) is 10.6. The molecule has 2 heterocycles. The Kier molecular flexibility index (Phi) is 3.58. The van der Waals surface area contributed by atoms with Gasteiger partial charge in [-0.3, -0.25) is 4.98 Å². The predicted molar refractivity (Wildman–Crippen MR) is 83.1 cm³/mol. The molecular weight excluding hydrogens is 288 g/mol. The van der Waals surface area contributed by atoms with Crippen LogP contribution in [0.1, 0.15) is 5.56 Å². The van der Waals surface area contributed by atoms with E-state index in [0.29, 0.717) is 22.2 Å². The average molecular weight is 301 g/mol. The van der Waals surface area contributed by atoms with E-state index < -0.39 is 0 Å². The van der Waals surface area contributed by atoms with Gasteiger partial charge in [0.25, 0.3) is 0 Å². The number of benzene rings is 1. The fraction of sp³-hybridized carbons (Fsp3) is 0.133. The number of nitrogens with zero attached hydrogens (tertiary/aromatic N) is 3. The first kappa shape index (κ1) is 13.6. The molecule has 1 aromatic carbocycles. The minimum Gasteiger partial charge on any atom is -0.436 e. The molecule has 0 bridgehead atoms. The number of aromatic nitrogens is 3. The predicted octanol–water partition coefficient (Wildman–Crippen LogP) is 3.82. The third-order valence-corrected chi connectivity index (χ3v) is 3.49. The quantitative estimate of drug-likeness (QED) is 0.797. The highest BCUT2D eigenvalue weighted by molar-refractivity contribution is 6.35. The molecule has 0 atom stereocenters. The molecule has 0 saturated carbocycles. The van der Waals surface area contributed by atoms with Gasteiger partial charge in [-0.05, 0) is 31.2 Å². The summed E-state index contributed by atoms with van der Waals surface area (Å²) >= 11 is 6.18. The average Bonchev–Trinajstić information content (AvgIpc) is 2.52. The van der Waals surface area contributed by atoms with Gasteiger partial charge in [0.15, 0.2) is 5.75 Å². The van der Waals surface area contributed by atoms with Gasteiger partial charge in [0, 0.05) is 18.6 Å². The van der Waals surface area contributed by atoms with Gasteiger partial charge in [0.05, 0.1) is 10.6 Å². The minimum atomic E-state index is 0.489. The van der Waals surface area contributed by atoms with Gasteiger partial charge in [-0.2, -0.15) is 0 Å². The first-order chi connectivity index (χ1) is 10.2. The lowest BCUT2D eigenvalue weighted by molar-refractivity contribution is 0.462. The number of fused-ring (bicyclic) bond motifs is 1. The SMILES string of the molecule is CNc1ncnc(Oc2ccc(Cl)c3cccnc23)c1C. The van der Waals surface area contributed by atoms with Gasteiger partial charge < -0.3 is 10.1 Å². The lowest BCUT2D eigenvalue weighted by atomic mass is 10.2. The number of halogens is 1. The highest BCUT2D eigenvalue weighted by atomic mass is 35.5. The smallest absolute Gasteiger partial charge is 0.227 e. The summed E-state index contributed by atoms with van der Waals surface area (Å²) in [5.41, 5.74) is 1.54. The summed E-state index contributed by atoms with van der Waals surface area (Å²) in [5.74, 6) is 1.83. The second kappa shape index (κ2) is 5.54. The molecule has 6 heteroatoms. The fourth-order valence-electron chi connectivity index (χ4n) is 2.09. The van der Waals surface area contributed by atoms with E-state index in [0.717, 1.165) is 16.8 Å². The Morgan fingerprint density at radius 3 is 2.81 bits per heavy atom. The Morgan fingerprint density at radius 2 is 2.00 bits per heavy atom. The van der Waals surface area contributed by atoms with Crippen molar-refractivity contribution < 1.29 is 4.74 Å². The van der Waals surface area contributed by atoms with E-state index in [1.807, 2.05) is 19.1 Å². The summed E-state index contributed by atoms with van der Waals surface area (Å²) in [5, 5.41) is 4.48. The van der Waals surface area contributed by atoms with E-state index >= 15 is 0 Å². The second-order valence-electron chi connectivity index (χ2n) is 4.45. The van der Waals surface area contributed by atoms with E-state index in [4.69, 9.17) is 16.3 Å². The molecule has 3 aromatic rings. The van der Waals surface area contributed by atoms with E-state index in [-0.39, 0.29) is 0 Å². The maximum Gasteiger partial charge on any atom is 0.227 e. The van der Waals surface area contributed by atoms with Gasteiger partial charge in [-0.25, -0.2) is 9.97 Å². The molecule has 0 radical (unpaired) electrons. The van der Waals surface area contributed by atoms with Gasteiger partial charge in [0.1, 0.15) is 17.7 Å². The van der Waals surface area contributed by atoms with Crippen LogP contribution in [0.15, 0.2) is 36.8 Å². The Morgan fingerprint density at radius 1 is 1.14 bits per heavy atom. The second-order valence-corrected chi connectivity index (χ2v) is 4.86. The van der Waals surface area contributed by atoms with Crippen LogP contribution in [0.4, 0.5) is 5.82 Å². The Labute approximate surface area is 127 Å². The van der Waals surface area contributed by atoms with Crippen LogP contribution in [0.3, 0.4) is 0 Å². The van der Waals surface area contributed by atoms with Crippen molar-refractivity contribution in [1.29, 1.82) is 0 Å². The topological polar surface area (TPSA) is 59.9 Å². The summed E-state index contributed by atoms with van der Waals surface area (Å²) in [6, 6.07) is 7.32. The molecule has 0 unspecified atom stereocenters. The maximum atomic E-state index is 6.18. The summed E-state index contributed by atoms with van der Waals surface area (Å²) in [6.07, 6.45) is 3.16. The number of pyridine rings is 1. The number of anilines is 1. The zero-order chi connectivity index (χ0) is 14.8. The summed E-state index contributed by atoms with van der Waals surface area (Å²) in [4.78, 5) is 12.7. The van der Waals surface area contributed by atoms with Crippen molar-refractivity contribution in [3.8, 4) is 11.6 Å². The van der Waals surface area contributed by atoms with Crippen LogP contribution in [0.2, 0.25) is 5.02 Å². The Hall–Kier alpha value is -2.40. The lowest BCUT2D eigenvalue weighted by Gasteiger charge is -2.11. The zero-order valence-electron chi connectivity index (χ0n) is 11.6. The molecule has 21 heavy (non-hydrogen) atoms. The van der Waals surface area contributed by atoms with Gasteiger partial charge in [0.2, 0.25) is 5.88 Å². The van der Waals surface area contributed by atoms with Gasteiger partial charge in [-0.15, -0.1) is 0 Å². The minimum absolute atomic E-state index is 0.489. The first-order valence-corrected chi connectivity index (χ1v) is 6.79. The zero-order valence-corrected chi connectivity index (χ0v) is 12.3. The molecule has 0 saturated heterocycles. The number of hydrogen-bond acceptors (Lipinski definition) is 5. The van der Waals surface area contributed by atoms with E-state index in [1.165, 1.54) is 6.33 Å². The van der Waals surface area contributed by atoms with Crippen LogP contribution in [0.25, 0.3) is 10.9 Å². The molecule has 106 valence electrons. The first-order valence-electron chi connectivity index (χ1n) is 6.41. The highest BCUT2D eigenvalue weighted by Gasteiger charge is 2.12. The monoisotopic (exact) mass is 300 g/mol. The molecule has 5 nitrogen and oxygen atoms in total. The van der Waals surface area contributed by atoms with Crippen molar-refractivity contribution in [2.45, 2.75) is 6.92 Å². The van der Waals surface area contributed by atoms with Crippen molar-refractivity contribution in [1.82, 2.24) is 15.0 Å². The fourth-order valence-corrected chi connectivity index (χ4v) is 2.30. The third kappa shape index (κ3) is 2.48. The van der Waals surface area contributed by atoms with Crippen molar-refractivity contribution >= 4 is 28.3 Å². The van der Waals surface area contributed by atoms with Crippen LogP contribution in [-0.4, -0.2) is 22.0 Å². The van der Waals surface area contributed by atoms with Crippen LogP contribution in [0.5, 0.6) is 11.6 Å². The van der Waals surface area contributed by atoms with Gasteiger partial charge in [-0.1, -0.05) is 11.6 Å². The molecule has 3 rings (SSSR count). The standard InChI is InChI=1S/C15H13ClN4O/c1-9-14(17-2)19-8-20-15(9)21-12-6-5-11(16)10-4-3-7-18-13(10)12/h3-8H,1-2H3,(H,17,19,20). The van der Waals surface area contributed by atoms with Crippen LogP contribution in [-0.2, 0) is 0 Å². The van der Waals surface area contributed by atoms with Crippen molar-refractivity contribution in [2.24, 2.45) is 0 Å². The van der Waals surface area contributed by atoms with Crippen molar-refractivity contribution in [2.75, 3.05) is 12.4 Å². The summed E-state index contributed by atoms with van der Waals surface area (Å²) < 4.78 is 5.91. The number of nitrogens with one attached hydrogen (secondary N) is 1. The molecule has 2 aromatic heterocycles. The van der Waals surface area contributed by atoms with Crippen LogP contribution in [0, 0.1) is 6.92 Å². The molecule has 1 N–H and O–H groups in total. The van der Waals surface area contributed by atoms with Gasteiger partial charge >= 0.3 is 0 Å². The number of rotatable bonds is 3. The lowest BCUT2D eigenvalue weighted by Crippen LogP contribution is -2.00. The number of hydrogen-bond donors (Lipinski definition) is 1. The Balaban J connectivity index is 2.09. The molecule has 0 spiro atoms. The number of ether oxygens (including phenoxy) is 1. The third-order valence-electron chi connectivity index (χ3n) is 3.16. The molecule has 0 aliphatic heterocycles. The molecule has 0 aliphatic rings. The summed E-state index contributed by atoms with van der Waals surface area (Å²) in [7, 11) is 1.80. The maximum absolute atomic E-state index is 6.18. The van der Waals surface area contributed by atoms with Crippen molar-refractivity contribution in [3.05, 3.63) is 47.4 Å². The largest absolute Gasteiger partial charge is 0.436 e. The molecule has 0 fully saturated rings. The van der Waals surface area contributed by atoms with E-state index in [1.54, 1.807) is 25.4 Å². The molecular formula is C15H13ClN4O.